The molecule has 0 unspecified atom stereocenters. The number of hydrogen-bond donors (Lipinski definition) is 5. The number of carbonyl (C=O) groups excluding carboxylic acids is 3. The summed E-state index contributed by atoms with van der Waals surface area (Å²) in [5.41, 5.74) is 1.48. The van der Waals surface area contributed by atoms with Crippen LogP contribution in [0, 0.1) is 5.92 Å². The standard InChI is InChI=1S/C47H49N5O15S/c1-26(2)38(50-46(57)66-25-28-14-10-7-11-15-28)43(53)48-16-17-64-41-37(62-3)19-29-18-33(49-39(29)42(41)63-4)44(54)51-23-30(67-68(5,60)61)20-31-32-21-35(45(55)56)52(47(58)59)40(32)36(22-34(31)51)65-24-27-12-8-6-9-13-27/h6-15,18-19,21-22,26,30,38,49H,16-17,20,23-25H2,1-5H3,(H,48,53)(H,50,57)(H,55,56)(H,58,59)/t30-,38-/m0/s1. The van der Waals surface area contributed by atoms with Crippen LogP contribution in [0.4, 0.5) is 15.3 Å². The van der Waals surface area contributed by atoms with Gasteiger partial charge in [-0.15, -0.1) is 0 Å². The van der Waals surface area contributed by atoms with Crippen LogP contribution >= 0.6 is 0 Å². The van der Waals surface area contributed by atoms with Gasteiger partial charge in [0.2, 0.25) is 11.7 Å². The molecule has 7 rings (SSSR count). The molecule has 1 aliphatic rings. The number of anilines is 1. The molecule has 2 aromatic heterocycles. The quantitative estimate of drug-likeness (QED) is 0.0493. The van der Waals surface area contributed by atoms with Crippen molar-refractivity contribution in [3.05, 3.63) is 113 Å². The van der Waals surface area contributed by atoms with E-state index in [9.17, 15) is 42.6 Å². The minimum absolute atomic E-state index is 0.000809. The number of nitrogens with one attached hydrogen (secondary N) is 3. The molecule has 0 fully saturated rings. The summed E-state index contributed by atoms with van der Waals surface area (Å²) >= 11 is 0. The maximum atomic E-state index is 14.8. The number of alkyl carbamates (subject to hydrolysis) is 1. The van der Waals surface area contributed by atoms with E-state index in [1.54, 1.807) is 50.2 Å². The first-order valence-corrected chi connectivity index (χ1v) is 23.0. The Hall–Kier alpha value is -7.78. The number of benzene rings is 4. The first-order chi connectivity index (χ1) is 32.5. The molecular weight excluding hydrogens is 907 g/mol. The molecule has 21 heteroatoms. The highest BCUT2D eigenvalue weighted by Crippen LogP contribution is 2.45. The third-order valence-corrected chi connectivity index (χ3v) is 11.6. The summed E-state index contributed by atoms with van der Waals surface area (Å²) in [5, 5.41) is 26.3. The number of carbonyl (C=O) groups is 5. The van der Waals surface area contributed by atoms with Crippen LogP contribution < -0.4 is 34.5 Å². The second kappa shape index (κ2) is 20.4. The molecule has 1 aliphatic heterocycles. The third kappa shape index (κ3) is 10.6. The zero-order chi connectivity index (χ0) is 48.9. The Morgan fingerprint density at radius 3 is 2.13 bits per heavy atom. The van der Waals surface area contributed by atoms with E-state index >= 15 is 0 Å². The molecule has 0 bridgehead atoms. The van der Waals surface area contributed by atoms with Gasteiger partial charge in [0.25, 0.3) is 16.0 Å². The maximum absolute atomic E-state index is 14.8. The summed E-state index contributed by atoms with van der Waals surface area (Å²) in [6, 6.07) is 22.8. The van der Waals surface area contributed by atoms with E-state index in [0.717, 1.165) is 17.9 Å². The fourth-order valence-electron chi connectivity index (χ4n) is 7.97. The Labute approximate surface area is 389 Å². The van der Waals surface area contributed by atoms with Crippen molar-refractivity contribution in [1.82, 2.24) is 20.2 Å². The predicted molar refractivity (Wildman–Crippen MR) is 246 cm³/mol. The van der Waals surface area contributed by atoms with E-state index in [1.165, 1.54) is 31.3 Å². The number of rotatable bonds is 18. The van der Waals surface area contributed by atoms with Gasteiger partial charge in [0.05, 0.1) is 50.9 Å². The Morgan fingerprint density at radius 1 is 0.853 bits per heavy atom. The summed E-state index contributed by atoms with van der Waals surface area (Å²) in [7, 11) is -1.32. The number of methoxy groups -OCH3 is 2. The molecule has 0 saturated heterocycles. The summed E-state index contributed by atoms with van der Waals surface area (Å²) < 4.78 is 60.0. The van der Waals surface area contributed by atoms with Crippen molar-refractivity contribution in [1.29, 1.82) is 0 Å². The summed E-state index contributed by atoms with van der Waals surface area (Å²) in [5.74, 6) is -2.57. The van der Waals surface area contributed by atoms with Crippen LogP contribution in [0.1, 0.15) is 51.5 Å². The highest BCUT2D eigenvalue weighted by atomic mass is 32.2. The smallest absolute Gasteiger partial charge is 0.416 e. The van der Waals surface area contributed by atoms with Gasteiger partial charge in [0, 0.05) is 23.3 Å². The SMILES string of the molecule is COc1cc2cc(C(=O)N3C[C@@H](OS(C)(=O)=O)Cc4c3cc(OCc3ccccc3)c3c4cc(C(=O)O)n3C(=O)O)[nH]c2c(OC)c1OCCNC(=O)[C@@H](NC(=O)OCc1ccccc1)C(C)C. The van der Waals surface area contributed by atoms with Gasteiger partial charge >= 0.3 is 18.2 Å². The molecule has 5 N–H and O–H groups in total. The molecule has 2 atom stereocenters. The lowest BCUT2D eigenvalue weighted by molar-refractivity contribution is -0.124. The number of nitrogens with zero attached hydrogens (tertiary/aromatic N) is 2. The van der Waals surface area contributed by atoms with Gasteiger partial charge in [-0.25, -0.2) is 19.0 Å². The van der Waals surface area contributed by atoms with E-state index in [-0.39, 0.29) is 96.1 Å². The van der Waals surface area contributed by atoms with E-state index in [1.807, 2.05) is 30.3 Å². The number of amides is 3. The summed E-state index contributed by atoms with van der Waals surface area (Å²) in [6.45, 7) is 3.14. The first-order valence-electron chi connectivity index (χ1n) is 21.2. The average molecular weight is 956 g/mol. The number of ether oxygens (including phenoxy) is 5. The number of aromatic amines is 1. The molecule has 68 heavy (non-hydrogen) atoms. The average Bonchev–Trinajstić information content (AvgIpc) is 3.93. The second-order valence-corrected chi connectivity index (χ2v) is 17.7. The number of H-pyrrole nitrogens is 1. The van der Waals surface area contributed by atoms with Crippen LogP contribution in [0.15, 0.2) is 84.9 Å². The zero-order valence-electron chi connectivity index (χ0n) is 37.6. The van der Waals surface area contributed by atoms with E-state index in [4.69, 9.17) is 27.9 Å². The van der Waals surface area contributed by atoms with Gasteiger partial charge in [-0.3, -0.25) is 13.8 Å². The molecular formula is C47H49N5O15S. The molecule has 3 heterocycles. The van der Waals surface area contributed by atoms with E-state index < -0.39 is 57.9 Å². The van der Waals surface area contributed by atoms with E-state index in [0.29, 0.717) is 21.0 Å². The Morgan fingerprint density at radius 2 is 1.53 bits per heavy atom. The third-order valence-electron chi connectivity index (χ3n) is 11.0. The largest absolute Gasteiger partial charge is 0.493 e. The van der Waals surface area contributed by atoms with Crippen LogP contribution in [0.25, 0.3) is 21.8 Å². The molecule has 0 radical (unpaired) electrons. The molecule has 6 aromatic rings. The molecule has 4 aromatic carbocycles. The topological polar surface area (TPSA) is 263 Å². The van der Waals surface area contributed by atoms with Crippen molar-refractivity contribution in [3.63, 3.8) is 0 Å². The number of hydrogen-bond acceptors (Lipinski definition) is 13. The minimum Gasteiger partial charge on any atom is -0.493 e. The number of carboxylic acid groups (broad SMARTS) is 2. The van der Waals surface area contributed by atoms with Crippen LogP contribution in [0.2, 0.25) is 0 Å². The lowest BCUT2D eigenvalue weighted by Gasteiger charge is -2.34. The monoisotopic (exact) mass is 955 g/mol. The minimum atomic E-state index is -4.10. The van der Waals surface area contributed by atoms with Crippen molar-refractivity contribution in [3.8, 4) is 23.0 Å². The molecule has 20 nitrogen and oxygen atoms in total. The van der Waals surface area contributed by atoms with Gasteiger partial charge in [-0.1, -0.05) is 74.5 Å². The van der Waals surface area contributed by atoms with Crippen molar-refractivity contribution in [2.75, 3.05) is 45.1 Å². The lowest BCUT2D eigenvalue weighted by Crippen LogP contribution is -2.50. The van der Waals surface area contributed by atoms with Gasteiger partial charge in [0.15, 0.2) is 11.5 Å². The Bertz CT molecular complexity index is 2990. The fraction of sp³-hybridized carbons (Fsp3) is 0.298. The first kappa shape index (κ1) is 48.2. The van der Waals surface area contributed by atoms with Crippen molar-refractivity contribution >= 4 is 67.6 Å². The maximum Gasteiger partial charge on any atom is 0.416 e. The van der Waals surface area contributed by atoms with Gasteiger partial charge in [-0.05, 0) is 40.8 Å². The van der Waals surface area contributed by atoms with E-state index in [2.05, 4.69) is 15.6 Å². The normalized spacial score (nSPS) is 14.0. The van der Waals surface area contributed by atoms with Gasteiger partial charge < -0.3 is 54.4 Å². The van der Waals surface area contributed by atoms with Crippen molar-refractivity contribution in [2.45, 2.75) is 45.6 Å². The molecule has 3 amide bonds. The highest BCUT2D eigenvalue weighted by Gasteiger charge is 2.37. The second-order valence-electron chi connectivity index (χ2n) is 16.1. The van der Waals surface area contributed by atoms with Crippen LogP contribution in [-0.2, 0) is 43.5 Å². The number of aromatic nitrogens is 2. The fourth-order valence-corrected chi connectivity index (χ4v) is 8.59. The summed E-state index contributed by atoms with van der Waals surface area (Å²) in [6.07, 6.45) is -2.85. The van der Waals surface area contributed by atoms with Crippen LogP contribution in [0.5, 0.6) is 23.0 Å². The molecule has 0 aliphatic carbocycles. The number of carboxylic acids is 1. The Kier molecular flexibility index (Phi) is 14.4. The Balaban J connectivity index is 1.18. The van der Waals surface area contributed by atoms with Gasteiger partial charge in [-0.2, -0.15) is 8.42 Å². The number of fused-ring (bicyclic) bond motifs is 4. The van der Waals surface area contributed by atoms with Gasteiger partial charge in [0.1, 0.15) is 48.5 Å². The highest BCUT2D eigenvalue weighted by molar-refractivity contribution is 7.86. The van der Waals surface area contributed by atoms with Crippen LogP contribution in [0.3, 0.4) is 0 Å². The molecule has 0 spiro atoms. The van der Waals surface area contributed by atoms with Crippen molar-refractivity contribution in [2.24, 2.45) is 5.92 Å². The van der Waals surface area contributed by atoms with Crippen molar-refractivity contribution < 1.29 is 70.5 Å². The lowest BCUT2D eigenvalue weighted by atomic mass is 9.95. The molecule has 358 valence electrons. The molecule has 0 saturated carbocycles. The number of aromatic carboxylic acids is 1. The van der Waals surface area contributed by atoms with Crippen LogP contribution in [-0.4, -0.2) is 110 Å². The zero-order valence-corrected chi connectivity index (χ0v) is 38.4. The predicted octanol–water partition coefficient (Wildman–Crippen LogP) is 5.94. The summed E-state index contributed by atoms with van der Waals surface area (Å²) in [4.78, 5) is 70.0.